The summed E-state index contributed by atoms with van der Waals surface area (Å²) in [6.07, 6.45) is -0.427. The fraction of sp³-hybridized carbons (Fsp3) is 0.167. The minimum absolute atomic E-state index is 0.0510. The largest absolute Gasteiger partial charge is 0.311 e. The molecule has 0 aromatic heterocycles. The van der Waals surface area contributed by atoms with E-state index in [1.165, 1.54) is 0 Å². The smallest absolute Gasteiger partial charge is 0.225 e. The molecule has 2 aliphatic heterocycles. The fourth-order valence-electron chi connectivity index (χ4n) is 2.04. The van der Waals surface area contributed by atoms with Gasteiger partial charge < -0.3 is 5.43 Å². The number of amidine groups is 3. The number of fused-ring (bicyclic) bond motifs is 1. The zero-order valence-corrected chi connectivity index (χ0v) is 11.7. The van der Waals surface area contributed by atoms with Crippen molar-refractivity contribution in [3.8, 4) is 0 Å². The molecule has 0 saturated carbocycles. The van der Waals surface area contributed by atoms with Crippen molar-refractivity contribution in [3.05, 3.63) is 35.9 Å². The van der Waals surface area contributed by atoms with Crippen LogP contribution in [-0.2, 0) is 0 Å². The molecule has 8 heteroatoms. The third-order valence-electron chi connectivity index (χ3n) is 2.94. The second kappa shape index (κ2) is 5.32. The Bertz CT molecular complexity index is 649. The lowest BCUT2D eigenvalue weighted by Crippen LogP contribution is -2.45. The molecule has 2 aliphatic rings. The van der Waals surface area contributed by atoms with E-state index in [0.717, 1.165) is 5.56 Å². The quantitative estimate of drug-likeness (QED) is 0.471. The van der Waals surface area contributed by atoms with Crippen LogP contribution < -0.4 is 11.3 Å². The van der Waals surface area contributed by atoms with Crippen LogP contribution in [0, 0.1) is 5.92 Å². The van der Waals surface area contributed by atoms with E-state index in [0.29, 0.717) is 11.7 Å². The third-order valence-corrected chi connectivity index (χ3v) is 3.41. The van der Waals surface area contributed by atoms with Gasteiger partial charge in [0.05, 0.1) is 0 Å². The van der Waals surface area contributed by atoms with Gasteiger partial charge in [0.15, 0.2) is 6.17 Å². The van der Waals surface area contributed by atoms with Crippen molar-refractivity contribution in [3.63, 3.8) is 0 Å². The topological polar surface area (TPSA) is 87.5 Å². The van der Waals surface area contributed by atoms with Crippen LogP contribution in [0.15, 0.2) is 50.3 Å². The molecule has 3 rings (SSSR count). The van der Waals surface area contributed by atoms with E-state index < -0.39 is 12.1 Å². The average Bonchev–Trinajstić information content (AvgIpc) is 2.46. The number of hydrogen-bond acceptors (Lipinski definition) is 6. The normalized spacial score (nSPS) is 24.9. The highest BCUT2D eigenvalue weighted by molar-refractivity contribution is 6.75. The summed E-state index contributed by atoms with van der Waals surface area (Å²) in [5.41, 5.74) is 3.47. The average molecular weight is 309 g/mol. The van der Waals surface area contributed by atoms with Crippen LogP contribution in [0.25, 0.3) is 0 Å². The molecule has 0 bridgehead atoms. The zero-order valence-electron chi connectivity index (χ0n) is 10.2. The van der Waals surface area contributed by atoms with E-state index in [4.69, 9.17) is 29.0 Å². The van der Waals surface area contributed by atoms with Gasteiger partial charge in [-0.15, -0.1) is 0 Å². The van der Waals surface area contributed by atoms with Gasteiger partial charge >= 0.3 is 0 Å². The molecule has 0 radical (unpaired) electrons. The molecule has 0 saturated heterocycles. The molecule has 0 amide bonds. The summed E-state index contributed by atoms with van der Waals surface area (Å²) in [6, 6.07) is 9.61. The van der Waals surface area contributed by atoms with Gasteiger partial charge in [0, 0.05) is 0 Å². The van der Waals surface area contributed by atoms with Gasteiger partial charge in [0.1, 0.15) is 22.8 Å². The van der Waals surface area contributed by atoms with Crippen molar-refractivity contribution in [2.45, 2.75) is 6.17 Å². The Balaban J connectivity index is 2.05. The minimum atomic E-state index is -0.482. The molecular weight excluding hydrogens is 299 g/mol. The molecule has 6 nitrogen and oxygen atoms in total. The molecule has 2 atom stereocenters. The van der Waals surface area contributed by atoms with Gasteiger partial charge in [0.25, 0.3) is 0 Å². The minimum Gasteiger partial charge on any atom is -0.311 e. The number of hydrogen-bond donors (Lipinski definition) is 2. The maximum absolute atomic E-state index is 6.08. The number of benzene rings is 1. The summed E-state index contributed by atoms with van der Waals surface area (Å²) in [5.74, 6) is 5.95. The maximum Gasteiger partial charge on any atom is 0.225 e. The first-order valence-corrected chi connectivity index (χ1v) is 6.60. The first-order valence-electron chi connectivity index (χ1n) is 5.84. The maximum atomic E-state index is 6.08. The monoisotopic (exact) mass is 308 g/mol. The summed E-state index contributed by atoms with van der Waals surface area (Å²) in [6.45, 7) is 0. The second-order valence-corrected chi connectivity index (χ2v) is 4.90. The highest BCUT2D eigenvalue weighted by atomic mass is 35.5. The van der Waals surface area contributed by atoms with Gasteiger partial charge in [-0.2, -0.15) is 0 Å². The Labute approximate surface area is 125 Å². The van der Waals surface area contributed by atoms with Crippen molar-refractivity contribution in [2.75, 3.05) is 0 Å². The molecule has 3 N–H and O–H groups in total. The van der Waals surface area contributed by atoms with Gasteiger partial charge in [-0.3, -0.25) is 0 Å². The highest BCUT2D eigenvalue weighted by Gasteiger charge is 2.34. The molecular formula is C12H10Cl2N6. The molecule has 102 valence electrons. The lowest BCUT2D eigenvalue weighted by Gasteiger charge is -2.26. The van der Waals surface area contributed by atoms with E-state index >= 15 is 0 Å². The van der Waals surface area contributed by atoms with E-state index in [1.807, 2.05) is 30.3 Å². The van der Waals surface area contributed by atoms with Gasteiger partial charge in [-0.05, 0) is 17.2 Å². The van der Waals surface area contributed by atoms with Gasteiger partial charge in [-0.1, -0.05) is 41.9 Å². The van der Waals surface area contributed by atoms with Gasteiger partial charge in [0.2, 0.25) is 5.29 Å². The summed E-state index contributed by atoms with van der Waals surface area (Å²) in [4.78, 5) is 16.9. The standard InChI is InChI=1S/C12H10Cl2N6/c13-8-7-10(19-12(14)16-8)17-9(18-11(7)20-15)6-4-2-1-3-5-6/h1-5,7,9H,15H2,(H,18,20). The van der Waals surface area contributed by atoms with Crippen molar-refractivity contribution in [1.29, 1.82) is 0 Å². The fourth-order valence-corrected chi connectivity index (χ4v) is 2.54. The predicted octanol–water partition coefficient (Wildman–Crippen LogP) is 1.82. The lowest BCUT2D eigenvalue weighted by atomic mass is 10.0. The Kier molecular flexibility index (Phi) is 3.52. The lowest BCUT2D eigenvalue weighted by molar-refractivity contribution is 0.732. The molecule has 0 fully saturated rings. The molecule has 0 spiro atoms. The SMILES string of the molecule is NNC1=NC(c2ccccc2)N=C2N=C(Cl)N=C(Cl)C21. The van der Waals surface area contributed by atoms with Crippen LogP contribution in [0.5, 0.6) is 0 Å². The van der Waals surface area contributed by atoms with Crippen LogP contribution in [0.2, 0.25) is 0 Å². The first kappa shape index (κ1) is 13.2. The van der Waals surface area contributed by atoms with Crippen molar-refractivity contribution < 1.29 is 0 Å². The third kappa shape index (κ3) is 2.33. The number of halogens is 2. The summed E-state index contributed by atoms with van der Waals surface area (Å²) in [7, 11) is 0. The predicted molar refractivity (Wildman–Crippen MR) is 81.4 cm³/mol. The summed E-state index contributed by atoms with van der Waals surface area (Å²) >= 11 is 11.9. The van der Waals surface area contributed by atoms with Crippen LogP contribution in [0.3, 0.4) is 0 Å². The van der Waals surface area contributed by atoms with Crippen molar-refractivity contribution in [1.82, 2.24) is 5.43 Å². The van der Waals surface area contributed by atoms with Gasteiger partial charge in [-0.25, -0.2) is 25.8 Å². The number of nitrogens with zero attached hydrogens (tertiary/aromatic N) is 4. The van der Waals surface area contributed by atoms with Crippen molar-refractivity contribution in [2.24, 2.45) is 31.7 Å². The van der Waals surface area contributed by atoms with Crippen LogP contribution in [-0.4, -0.2) is 22.1 Å². The van der Waals surface area contributed by atoms with E-state index in [9.17, 15) is 0 Å². The van der Waals surface area contributed by atoms with Crippen LogP contribution >= 0.6 is 23.2 Å². The molecule has 1 aromatic carbocycles. The number of nitrogens with one attached hydrogen (secondary N) is 1. The Morgan fingerprint density at radius 2 is 1.80 bits per heavy atom. The van der Waals surface area contributed by atoms with E-state index in [-0.39, 0.29) is 10.5 Å². The zero-order chi connectivity index (χ0) is 14.1. The van der Waals surface area contributed by atoms with Crippen LogP contribution in [0.1, 0.15) is 11.7 Å². The summed E-state index contributed by atoms with van der Waals surface area (Å²) in [5, 5.41) is 0.294. The van der Waals surface area contributed by atoms with Crippen molar-refractivity contribution >= 4 is 45.3 Å². The second-order valence-electron chi connectivity index (χ2n) is 4.18. The number of aliphatic imine (C=N–C) groups is 4. The molecule has 1 aromatic rings. The van der Waals surface area contributed by atoms with Crippen LogP contribution in [0.4, 0.5) is 0 Å². The number of nitrogens with two attached hydrogens (primary N) is 1. The first-order chi connectivity index (χ1) is 9.69. The highest BCUT2D eigenvalue weighted by Crippen LogP contribution is 2.28. The number of rotatable bonds is 1. The Morgan fingerprint density at radius 1 is 1.05 bits per heavy atom. The Morgan fingerprint density at radius 3 is 2.50 bits per heavy atom. The molecule has 0 aliphatic carbocycles. The Hall–Kier alpha value is -1.76. The molecule has 2 unspecified atom stereocenters. The summed E-state index contributed by atoms with van der Waals surface area (Å²) < 4.78 is 0. The number of hydrazine groups is 1. The molecule has 20 heavy (non-hydrogen) atoms. The molecule has 2 heterocycles. The van der Waals surface area contributed by atoms with E-state index in [2.05, 4.69) is 25.4 Å². The van der Waals surface area contributed by atoms with E-state index in [1.54, 1.807) is 0 Å².